The van der Waals surface area contributed by atoms with Crippen LogP contribution in [-0.4, -0.2) is 34.9 Å². The van der Waals surface area contributed by atoms with E-state index in [1.807, 2.05) is 0 Å². The lowest BCUT2D eigenvalue weighted by Crippen LogP contribution is -2.32. The zero-order chi connectivity index (χ0) is 10.8. The third-order valence-corrected chi connectivity index (χ3v) is 2.82. The third-order valence-electron chi connectivity index (χ3n) is 2.51. The van der Waals surface area contributed by atoms with Crippen molar-refractivity contribution in [3.8, 4) is 0 Å². The van der Waals surface area contributed by atoms with Gasteiger partial charge in [0.1, 0.15) is 0 Å². The molecule has 1 aliphatic heterocycles. The molecule has 0 bridgehead atoms. The number of pyridine rings is 1. The zero-order valence-electron chi connectivity index (χ0n) is 8.19. The van der Waals surface area contributed by atoms with E-state index in [9.17, 15) is 4.79 Å². The fraction of sp³-hybridized carbons (Fsp3) is 0.400. The van der Waals surface area contributed by atoms with Gasteiger partial charge in [-0.15, -0.1) is 0 Å². The van der Waals surface area contributed by atoms with Crippen LogP contribution in [0.4, 0.5) is 0 Å². The van der Waals surface area contributed by atoms with Crippen molar-refractivity contribution < 1.29 is 4.79 Å². The van der Waals surface area contributed by atoms with E-state index in [4.69, 9.17) is 17.3 Å². The Hall–Kier alpha value is -1.13. The molecular weight excluding hydrogens is 214 g/mol. The summed E-state index contributed by atoms with van der Waals surface area (Å²) in [6.07, 6.45) is 3.90. The molecule has 0 aromatic carbocycles. The molecule has 80 valence electrons. The van der Waals surface area contributed by atoms with Crippen LogP contribution in [0.15, 0.2) is 18.5 Å². The standard InChI is InChI=1S/C10H12ClN3O/c11-9-5-13-3-1-8(9)10(15)14-4-2-7(12)6-14/h1,3,5,7H,2,4,6,12H2/t7-/m0/s1. The molecule has 1 amide bonds. The maximum absolute atomic E-state index is 12.0. The van der Waals surface area contributed by atoms with Crippen LogP contribution in [0.3, 0.4) is 0 Å². The largest absolute Gasteiger partial charge is 0.337 e. The molecule has 2 N–H and O–H groups in total. The molecule has 15 heavy (non-hydrogen) atoms. The lowest BCUT2D eigenvalue weighted by Gasteiger charge is -2.16. The molecule has 5 heteroatoms. The highest BCUT2D eigenvalue weighted by Gasteiger charge is 2.25. The van der Waals surface area contributed by atoms with Gasteiger partial charge in [0.25, 0.3) is 5.91 Å². The van der Waals surface area contributed by atoms with Crippen molar-refractivity contribution in [1.29, 1.82) is 0 Å². The number of rotatable bonds is 1. The van der Waals surface area contributed by atoms with Gasteiger partial charge in [0.2, 0.25) is 0 Å². The van der Waals surface area contributed by atoms with Crippen molar-refractivity contribution in [2.45, 2.75) is 12.5 Å². The minimum absolute atomic E-state index is 0.0599. The van der Waals surface area contributed by atoms with Gasteiger partial charge < -0.3 is 10.6 Å². The van der Waals surface area contributed by atoms with Crippen molar-refractivity contribution in [1.82, 2.24) is 9.88 Å². The Morgan fingerprint density at radius 3 is 3.07 bits per heavy atom. The summed E-state index contributed by atoms with van der Waals surface area (Å²) in [5.41, 5.74) is 6.24. The number of carbonyl (C=O) groups is 1. The van der Waals surface area contributed by atoms with Crippen molar-refractivity contribution in [3.05, 3.63) is 29.0 Å². The average Bonchev–Trinajstić information content (AvgIpc) is 2.65. The van der Waals surface area contributed by atoms with E-state index in [0.29, 0.717) is 23.7 Å². The van der Waals surface area contributed by atoms with Crippen molar-refractivity contribution >= 4 is 17.5 Å². The highest BCUT2D eigenvalue weighted by molar-refractivity contribution is 6.33. The molecule has 1 saturated heterocycles. The molecule has 0 saturated carbocycles. The maximum atomic E-state index is 12.0. The van der Waals surface area contributed by atoms with Crippen LogP contribution in [0.2, 0.25) is 5.02 Å². The molecule has 1 aromatic heterocycles. The minimum Gasteiger partial charge on any atom is -0.337 e. The molecule has 1 fully saturated rings. The number of amides is 1. The number of carbonyl (C=O) groups excluding carboxylic acids is 1. The number of likely N-dealkylation sites (tertiary alicyclic amines) is 1. The van der Waals surface area contributed by atoms with E-state index in [1.165, 1.54) is 6.20 Å². The minimum atomic E-state index is -0.0599. The quantitative estimate of drug-likeness (QED) is 0.773. The summed E-state index contributed by atoms with van der Waals surface area (Å²) in [5.74, 6) is -0.0599. The predicted molar refractivity (Wildman–Crippen MR) is 57.7 cm³/mol. The van der Waals surface area contributed by atoms with Gasteiger partial charge in [-0.05, 0) is 12.5 Å². The molecule has 4 nitrogen and oxygen atoms in total. The van der Waals surface area contributed by atoms with Crippen LogP contribution >= 0.6 is 11.6 Å². The number of nitrogens with two attached hydrogens (primary N) is 1. The molecule has 2 heterocycles. The normalized spacial score (nSPS) is 20.7. The first-order valence-electron chi connectivity index (χ1n) is 4.83. The van der Waals surface area contributed by atoms with Crippen LogP contribution in [-0.2, 0) is 0 Å². The second-order valence-corrected chi connectivity index (χ2v) is 4.06. The molecule has 0 unspecified atom stereocenters. The fourth-order valence-electron chi connectivity index (χ4n) is 1.69. The summed E-state index contributed by atoms with van der Waals surface area (Å²) >= 11 is 5.89. The summed E-state index contributed by atoms with van der Waals surface area (Å²) in [7, 11) is 0. The van der Waals surface area contributed by atoms with E-state index in [-0.39, 0.29) is 11.9 Å². The van der Waals surface area contributed by atoms with Crippen molar-refractivity contribution in [2.24, 2.45) is 5.73 Å². The number of halogens is 1. The van der Waals surface area contributed by atoms with Gasteiger partial charge in [0, 0.05) is 31.5 Å². The van der Waals surface area contributed by atoms with E-state index >= 15 is 0 Å². The Morgan fingerprint density at radius 1 is 1.67 bits per heavy atom. The zero-order valence-corrected chi connectivity index (χ0v) is 8.94. The van der Waals surface area contributed by atoms with E-state index in [2.05, 4.69) is 4.98 Å². The van der Waals surface area contributed by atoms with Gasteiger partial charge in [0.15, 0.2) is 0 Å². The summed E-state index contributed by atoms with van der Waals surface area (Å²) in [4.78, 5) is 17.5. The molecule has 1 aliphatic rings. The number of nitrogens with zero attached hydrogens (tertiary/aromatic N) is 2. The van der Waals surface area contributed by atoms with Crippen LogP contribution in [0.25, 0.3) is 0 Å². The fourth-order valence-corrected chi connectivity index (χ4v) is 1.89. The van der Waals surface area contributed by atoms with Gasteiger partial charge in [-0.3, -0.25) is 9.78 Å². The Kier molecular flexibility index (Phi) is 2.88. The molecule has 0 spiro atoms. The molecule has 1 atom stereocenters. The Morgan fingerprint density at radius 2 is 2.47 bits per heavy atom. The van der Waals surface area contributed by atoms with Gasteiger partial charge in [0.05, 0.1) is 10.6 Å². The topological polar surface area (TPSA) is 59.2 Å². The van der Waals surface area contributed by atoms with E-state index in [0.717, 1.165) is 6.42 Å². The average molecular weight is 226 g/mol. The molecule has 0 radical (unpaired) electrons. The number of hydrogen-bond acceptors (Lipinski definition) is 3. The first-order chi connectivity index (χ1) is 7.18. The SMILES string of the molecule is N[C@H]1CCN(C(=O)c2ccncc2Cl)C1. The molecular formula is C10H12ClN3O. The number of aromatic nitrogens is 1. The Bertz CT molecular complexity index is 383. The van der Waals surface area contributed by atoms with Crippen LogP contribution in [0.1, 0.15) is 16.8 Å². The first kappa shape index (κ1) is 10.4. The van der Waals surface area contributed by atoms with E-state index < -0.39 is 0 Å². The maximum Gasteiger partial charge on any atom is 0.255 e. The second-order valence-electron chi connectivity index (χ2n) is 3.66. The van der Waals surface area contributed by atoms with Crippen molar-refractivity contribution in [2.75, 3.05) is 13.1 Å². The molecule has 0 aliphatic carbocycles. The summed E-state index contributed by atoms with van der Waals surface area (Å²) < 4.78 is 0. The van der Waals surface area contributed by atoms with E-state index in [1.54, 1.807) is 17.2 Å². The predicted octanol–water partition coefficient (Wildman–Crippen LogP) is 0.908. The van der Waals surface area contributed by atoms with Gasteiger partial charge in [-0.1, -0.05) is 11.6 Å². The number of hydrogen-bond donors (Lipinski definition) is 1. The Balaban J connectivity index is 2.18. The van der Waals surface area contributed by atoms with Gasteiger partial charge in [-0.2, -0.15) is 0 Å². The van der Waals surface area contributed by atoms with Crippen molar-refractivity contribution in [3.63, 3.8) is 0 Å². The van der Waals surface area contributed by atoms with Crippen LogP contribution < -0.4 is 5.73 Å². The monoisotopic (exact) mass is 225 g/mol. The van der Waals surface area contributed by atoms with Gasteiger partial charge >= 0.3 is 0 Å². The third kappa shape index (κ3) is 2.11. The van der Waals surface area contributed by atoms with Crippen LogP contribution in [0, 0.1) is 0 Å². The smallest absolute Gasteiger partial charge is 0.255 e. The molecule has 1 aromatic rings. The molecule has 2 rings (SSSR count). The Labute approximate surface area is 93.0 Å². The summed E-state index contributed by atoms with van der Waals surface area (Å²) in [6.45, 7) is 1.32. The first-order valence-corrected chi connectivity index (χ1v) is 5.20. The summed E-state index contributed by atoms with van der Waals surface area (Å²) in [5, 5.41) is 0.392. The van der Waals surface area contributed by atoms with Crippen LogP contribution in [0.5, 0.6) is 0 Å². The van der Waals surface area contributed by atoms with Gasteiger partial charge in [-0.25, -0.2) is 0 Å². The summed E-state index contributed by atoms with van der Waals surface area (Å²) in [6, 6.07) is 1.73. The lowest BCUT2D eigenvalue weighted by atomic mass is 10.2. The lowest BCUT2D eigenvalue weighted by molar-refractivity contribution is 0.0791. The highest BCUT2D eigenvalue weighted by atomic mass is 35.5. The second kappa shape index (κ2) is 4.16. The highest BCUT2D eigenvalue weighted by Crippen LogP contribution is 2.18.